The number of phenolic OH excluding ortho intramolecular Hbond substituents is 1. The zero-order valence-electron chi connectivity index (χ0n) is 29.8. The predicted molar refractivity (Wildman–Crippen MR) is 191 cm³/mol. The van der Waals surface area contributed by atoms with Gasteiger partial charge in [0, 0.05) is 6.42 Å². The molecule has 2 aromatic carbocycles. The Bertz CT molecular complexity index is 949. The van der Waals surface area contributed by atoms with Gasteiger partial charge in [0.2, 0.25) is 0 Å². The van der Waals surface area contributed by atoms with Crippen molar-refractivity contribution in [3.63, 3.8) is 0 Å². The highest BCUT2D eigenvalue weighted by Crippen LogP contribution is 2.38. The molecular weight excluding hydrogens is 540 g/mol. The molecule has 0 saturated carbocycles. The topological polar surface area (TPSA) is 46.5 Å². The van der Waals surface area contributed by atoms with Gasteiger partial charge >= 0.3 is 5.97 Å². The highest BCUT2D eigenvalue weighted by Gasteiger charge is 2.24. The van der Waals surface area contributed by atoms with Crippen LogP contribution in [0.15, 0.2) is 48.5 Å². The molecule has 0 amide bonds. The molecule has 0 aliphatic rings. The second-order valence-corrected chi connectivity index (χ2v) is 14.7. The van der Waals surface area contributed by atoms with E-state index in [4.69, 9.17) is 4.74 Å². The van der Waals surface area contributed by atoms with Crippen molar-refractivity contribution >= 4 is 5.97 Å². The van der Waals surface area contributed by atoms with Crippen molar-refractivity contribution in [3.8, 4) is 5.75 Å². The van der Waals surface area contributed by atoms with Crippen molar-refractivity contribution in [2.24, 2.45) is 0 Å². The number of hydrogen-bond donors (Lipinski definition) is 1. The molecule has 0 aliphatic heterocycles. The van der Waals surface area contributed by atoms with Crippen LogP contribution in [-0.2, 0) is 26.8 Å². The van der Waals surface area contributed by atoms with Crippen molar-refractivity contribution in [2.75, 3.05) is 6.61 Å². The first kappa shape index (κ1) is 39.7. The van der Waals surface area contributed by atoms with Crippen LogP contribution < -0.4 is 0 Å². The summed E-state index contributed by atoms with van der Waals surface area (Å²) in [6.07, 6.45) is 23.1. The number of aryl methyl sites for hydroxylation is 1. The van der Waals surface area contributed by atoms with Crippen LogP contribution in [0.2, 0.25) is 0 Å². The maximum absolute atomic E-state index is 11.8. The molecule has 0 aliphatic carbocycles. The van der Waals surface area contributed by atoms with Crippen molar-refractivity contribution in [3.05, 3.63) is 65.2 Å². The molecule has 3 heteroatoms. The van der Waals surface area contributed by atoms with Crippen LogP contribution in [0, 0.1) is 0 Å². The van der Waals surface area contributed by atoms with Gasteiger partial charge in [-0.25, -0.2) is 0 Å². The van der Waals surface area contributed by atoms with Gasteiger partial charge in [-0.1, -0.05) is 193 Å². The second kappa shape index (κ2) is 23.1. The third-order valence-electron chi connectivity index (χ3n) is 8.37. The zero-order valence-corrected chi connectivity index (χ0v) is 29.8. The summed E-state index contributed by atoms with van der Waals surface area (Å²) in [6.45, 7) is 15.6. The summed E-state index contributed by atoms with van der Waals surface area (Å²) < 4.78 is 5.34. The molecular formula is C41H68O3. The fourth-order valence-corrected chi connectivity index (χ4v) is 5.55. The number of phenols is 1. The van der Waals surface area contributed by atoms with Gasteiger partial charge in [-0.3, -0.25) is 4.79 Å². The molecule has 0 bridgehead atoms. The number of benzene rings is 2. The monoisotopic (exact) mass is 609 g/mol. The van der Waals surface area contributed by atoms with Gasteiger partial charge in [0.1, 0.15) is 5.75 Å². The van der Waals surface area contributed by atoms with Crippen LogP contribution in [0.1, 0.15) is 174 Å². The highest BCUT2D eigenvalue weighted by atomic mass is 16.5. The molecule has 2 rings (SSSR count). The summed E-state index contributed by atoms with van der Waals surface area (Å²) in [5, 5.41) is 10.3. The first-order valence-electron chi connectivity index (χ1n) is 18.0. The third-order valence-corrected chi connectivity index (χ3v) is 8.37. The number of carbonyl (C=O) groups excluding carboxylic acids is 1. The lowest BCUT2D eigenvalue weighted by atomic mass is 9.80. The van der Waals surface area contributed by atoms with Gasteiger partial charge in [0.05, 0.1) is 6.61 Å². The lowest BCUT2D eigenvalue weighted by Gasteiger charge is -2.26. The normalized spacial score (nSPS) is 11.6. The van der Waals surface area contributed by atoms with E-state index < -0.39 is 0 Å². The minimum Gasteiger partial charge on any atom is -0.507 e. The van der Waals surface area contributed by atoms with Crippen molar-refractivity contribution < 1.29 is 14.6 Å². The number of esters is 1. The summed E-state index contributed by atoms with van der Waals surface area (Å²) in [4.78, 5) is 11.8. The standard InChI is InChI=1S/C27H46O2.C14H22O/c1-2-3-4-5-6-7-8-9-10-11-12-13-14-15-16-20-25-29-27(28)24-23-26-21-18-17-19-22-26;1-13(2,3)10-8-7-9-11(12(10)15)14(4,5)6/h17-19,21-22H,2-16,20,23-25H2,1H3;7-9,15H,1-6H3. The Morgan fingerprint density at radius 3 is 1.41 bits per heavy atom. The minimum atomic E-state index is -0.0604. The molecule has 1 N–H and O–H groups in total. The number of hydrogen-bond acceptors (Lipinski definition) is 3. The van der Waals surface area contributed by atoms with Crippen molar-refractivity contribution in [1.82, 2.24) is 0 Å². The van der Waals surface area contributed by atoms with Crippen molar-refractivity contribution in [2.45, 2.75) is 175 Å². The number of rotatable bonds is 20. The summed E-state index contributed by atoms with van der Waals surface area (Å²) in [6, 6.07) is 16.2. The van der Waals surface area contributed by atoms with Crippen LogP contribution in [0.5, 0.6) is 5.75 Å². The molecule has 0 saturated heterocycles. The average Bonchev–Trinajstić information content (AvgIpc) is 2.97. The van der Waals surface area contributed by atoms with Crippen molar-refractivity contribution in [1.29, 1.82) is 0 Å². The van der Waals surface area contributed by atoms with Gasteiger partial charge in [-0.2, -0.15) is 0 Å². The summed E-state index contributed by atoms with van der Waals surface area (Å²) in [5.74, 6) is 0.396. The van der Waals surface area contributed by atoms with E-state index in [9.17, 15) is 9.90 Å². The van der Waals surface area contributed by atoms with Gasteiger partial charge in [0.25, 0.3) is 0 Å². The number of ether oxygens (including phenoxy) is 1. The van der Waals surface area contributed by atoms with E-state index in [1.165, 1.54) is 102 Å². The maximum atomic E-state index is 11.8. The molecule has 0 heterocycles. The minimum absolute atomic E-state index is 0.00859. The van der Waals surface area contributed by atoms with E-state index in [2.05, 4.69) is 60.6 Å². The molecule has 0 fully saturated rings. The summed E-state index contributed by atoms with van der Waals surface area (Å²) in [5.41, 5.74) is 3.23. The fraction of sp³-hybridized carbons (Fsp3) is 0.683. The number of aromatic hydroxyl groups is 1. The quantitative estimate of drug-likeness (QED) is 0.120. The molecule has 2 aromatic rings. The van der Waals surface area contributed by atoms with Gasteiger partial charge in [0.15, 0.2) is 0 Å². The van der Waals surface area contributed by atoms with E-state index in [0.29, 0.717) is 18.8 Å². The Balaban J connectivity index is 0.000000539. The Labute approximate surface area is 272 Å². The molecule has 0 radical (unpaired) electrons. The number of para-hydroxylation sites is 1. The van der Waals surface area contributed by atoms with Gasteiger partial charge in [-0.15, -0.1) is 0 Å². The molecule has 0 unspecified atom stereocenters. The molecule has 0 aromatic heterocycles. The predicted octanol–water partition coefficient (Wildman–Crippen LogP) is 12.4. The molecule has 44 heavy (non-hydrogen) atoms. The molecule has 3 nitrogen and oxygen atoms in total. The first-order chi connectivity index (χ1) is 21.0. The molecule has 0 atom stereocenters. The van der Waals surface area contributed by atoms with E-state index in [-0.39, 0.29) is 16.8 Å². The van der Waals surface area contributed by atoms with Crippen LogP contribution >= 0.6 is 0 Å². The smallest absolute Gasteiger partial charge is 0.306 e. The lowest BCUT2D eigenvalue weighted by Crippen LogP contribution is -2.16. The third kappa shape index (κ3) is 19.2. The number of carbonyl (C=O) groups is 1. The Morgan fingerprint density at radius 1 is 0.591 bits per heavy atom. The van der Waals surface area contributed by atoms with Gasteiger partial charge < -0.3 is 9.84 Å². The SMILES string of the molecule is CC(C)(C)c1cccc(C(C)(C)C)c1O.CCCCCCCCCCCCCCCCCCOC(=O)CCc1ccccc1. The van der Waals surface area contributed by atoms with E-state index in [0.717, 1.165) is 24.0 Å². The number of unbranched alkanes of at least 4 members (excludes halogenated alkanes) is 15. The second-order valence-electron chi connectivity index (χ2n) is 14.7. The highest BCUT2D eigenvalue weighted by molar-refractivity contribution is 5.69. The van der Waals surface area contributed by atoms with Gasteiger partial charge in [-0.05, 0) is 40.4 Å². The van der Waals surface area contributed by atoms with Crippen LogP contribution in [0.4, 0.5) is 0 Å². The van der Waals surface area contributed by atoms with E-state index in [1.54, 1.807) is 0 Å². The fourth-order valence-electron chi connectivity index (χ4n) is 5.55. The van der Waals surface area contributed by atoms with E-state index >= 15 is 0 Å². The summed E-state index contributed by atoms with van der Waals surface area (Å²) >= 11 is 0. The van der Waals surface area contributed by atoms with E-state index in [1.807, 2.05) is 36.4 Å². The Hall–Kier alpha value is -2.29. The maximum Gasteiger partial charge on any atom is 0.306 e. The average molecular weight is 609 g/mol. The van der Waals surface area contributed by atoms with Crippen LogP contribution in [-0.4, -0.2) is 17.7 Å². The van der Waals surface area contributed by atoms with Crippen LogP contribution in [0.3, 0.4) is 0 Å². The Kier molecular flexibility index (Phi) is 20.9. The van der Waals surface area contributed by atoms with Crippen LogP contribution in [0.25, 0.3) is 0 Å². The first-order valence-corrected chi connectivity index (χ1v) is 18.0. The lowest BCUT2D eigenvalue weighted by molar-refractivity contribution is -0.143. The largest absolute Gasteiger partial charge is 0.507 e. The zero-order chi connectivity index (χ0) is 32.7. The summed E-state index contributed by atoms with van der Waals surface area (Å²) in [7, 11) is 0. The Morgan fingerprint density at radius 2 is 1.00 bits per heavy atom. The molecule has 250 valence electrons. The molecule has 0 spiro atoms.